The van der Waals surface area contributed by atoms with Crippen molar-refractivity contribution in [2.45, 2.75) is 12.8 Å². The van der Waals surface area contributed by atoms with Gasteiger partial charge < -0.3 is 14.8 Å². The average Bonchev–Trinajstić information content (AvgIpc) is 2.56. The molecule has 0 aromatic heterocycles. The number of carbonyl (C=O) groups excluding carboxylic acids is 1. The van der Waals surface area contributed by atoms with Crippen molar-refractivity contribution < 1.29 is 14.3 Å². The van der Waals surface area contributed by atoms with Crippen LogP contribution in [0.5, 0.6) is 11.5 Å². The molecule has 0 aliphatic carbocycles. The second-order valence-electron chi connectivity index (χ2n) is 5.06. The fourth-order valence-electron chi connectivity index (χ4n) is 2.26. The van der Waals surface area contributed by atoms with E-state index >= 15 is 0 Å². The van der Waals surface area contributed by atoms with Crippen molar-refractivity contribution in [2.75, 3.05) is 20.8 Å². The summed E-state index contributed by atoms with van der Waals surface area (Å²) >= 11 is 6.05. The lowest BCUT2D eigenvalue weighted by Crippen LogP contribution is -2.27. The van der Waals surface area contributed by atoms with E-state index in [0.717, 1.165) is 11.1 Å². The van der Waals surface area contributed by atoms with E-state index in [1.54, 1.807) is 20.3 Å². The Morgan fingerprint density at radius 1 is 1.09 bits per heavy atom. The van der Waals surface area contributed by atoms with Gasteiger partial charge in [0, 0.05) is 11.6 Å². The van der Waals surface area contributed by atoms with Crippen molar-refractivity contribution in [1.82, 2.24) is 5.32 Å². The minimum atomic E-state index is -0.0430. The number of carbonyl (C=O) groups is 1. The van der Waals surface area contributed by atoms with Crippen molar-refractivity contribution in [2.24, 2.45) is 0 Å². The van der Waals surface area contributed by atoms with E-state index in [4.69, 9.17) is 21.1 Å². The highest BCUT2D eigenvalue weighted by Gasteiger charge is 2.07. The van der Waals surface area contributed by atoms with E-state index < -0.39 is 0 Å². The fourth-order valence-corrected chi connectivity index (χ4v) is 2.46. The fraction of sp³-hybridized carbons (Fsp3) is 0.278. The summed E-state index contributed by atoms with van der Waals surface area (Å²) in [5, 5.41) is 3.52. The van der Waals surface area contributed by atoms with Crippen LogP contribution in [0.1, 0.15) is 11.1 Å². The Hall–Kier alpha value is -2.20. The molecule has 0 unspecified atom stereocenters. The molecule has 2 aromatic carbocycles. The van der Waals surface area contributed by atoms with Crippen LogP contribution in [-0.4, -0.2) is 26.7 Å². The number of hydrogen-bond acceptors (Lipinski definition) is 3. The predicted molar refractivity (Wildman–Crippen MR) is 91.4 cm³/mol. The molecule has 23 heavy (non-hydrogen) atoms. The van der Waals surface area contributed by atoms with Gasteiger partial charge in [0.2, 0.25) is 5.91 Å². The van der Waals surface area contributed by atoms with Gasteiger partial charge in [0.25, 0.3) is 0 Å². The molecule has 1 amide bonds. The molecule has 0 heterocycles. The van der Waals surface area contributed by atoms with Crippen LogP contribution >= 0.6 is 11.6 Å². The second-order valence-corrected chi connectivity index (χ2v) is 5.46. The summed E-state index contributed by atoms with van der Waals surface area (Å²) in [6.45, 7) is 0.554. The molecule has 122 valence electrons. The average molecular weight is 334 g/mol. The molecule has 0 radical (unpaired) electrons. The summed E-state index contributed by atoms with van der Waals surface area (Å²) in [5.74, 6) is 1.34. The molecule has 2 rings (SSSR count). The van der Waals surface area contributed by atoms with Crippen LogP contribution in [0.3, 0.4) is 0 Å². The zero-order chi connectivity index (χ0) is 16.7. The SMILES string of the molecule is COc1ccc(CCNC(=O)Cc2ccccc2Cl)cc1OC. The summed E-state index contributed by atoms with van der Waals surface area (Å²) in [6.07, 6.45) is 1.00. The number of ether oxygens (including phenoxy) is 2. The first-order valence-corrected chi connectivity index (χ1v) is 7.73. The van der Waals surface area contributed by atoms with Crippen LogP contribution in [0.15, 0.2) is 42.5 Å². The van der Waals surface area contributed by atoms with Gasteiger partial charge in [-0.1, -0.05) is 35.9 Å². The van der Waals surface area contributed by atoms with E-state index in [1.807, 2.05) is 36.4 Å². The molecule has 0 spiro atoms. The molecule has 0 fully saturated rings. The van der Waals surface area contributed by atoms with Gasteiger partial charge in [-0.2, -0.15) is 0 Å². The first-order chi connectivity index (χ1) is 11.1. The van der Waals surface area contributed by atoms with E-state index in [-0.39, 0.29) is 12.3 Å². The van der Waals surface area contributed by atoms with Gasteiger partial charge in [0.05, 0.1) is 20.6 Å². The van der Waals surface area contributed by atoms with E-state index in [2.05, 4.69) is 5.32 Å². The molecule has 5 heteroatoms. The maximum absolute atomic E-state index is 12.0. The quantitative estimate of drug-likeness (QED) is 0.846. The third-order valence-electron chi connectivity index (χ3n) is 3.49. The van der Waals surface area contributed by atoms with Gasteiger partial charge in [-0.15, -0.1) is 0 Å². The Balaban J connectivity index is 1.85. The largest absolute Gasteiger partial charge is 0.493 e. The number of rotatable bonds is 7. The summed E-state index contributed by atoms with van der Waals surface area (Å²) in [6, 6.07) is 13.1. The topological polar surface area (TPSA) is 47.6 Å². The van der Waals surface area contributed by atoms with Crippen LogP contribution in [-0.2, 0) is 17.6 Å². The number of nitrogens with one attached hydrogen (secondary N) is 1. The lowest BCUT2D eigenvalue weighted by Gasteiger charge is -2.10. The van der Waals surface area contributed by atoms with Gasteiger partial charge in [-0.3, -0.25) is 4.79 Å². The maximum Gasteiger partial charge on any atom is 0.224 e. The molecular formula is C18H20ClNO3. The summed E-state index contributed by atoms with van der Waals surface area (Å²) in [5.41, 5.74) is 1.90. The molecule has 0 aliphatic rings. The molecular weight excluding hydrogens is 314 g/mol. The first-order valence-electron chi connectivity index (χ1n) is 7.35. The van der Waals surface area contributed by atoms with E-state index in [9.17, 15) is 4.79 Å². The van der Waals surface area contributed by atoms with Crippen LogP contribution in [0.25, 0.3) is 0 Å². The molecule has 0 bridgehead atoms. The summed E-state index contributed by atoms with van der Waals surface area (Å²) in [7, 11) is 3.21. The number of benzene rings is 2. The van der Waals surface area contributed by atoms with Gasteiger partial charge in [0.1, 0.15) is 0 Å². The Morgan fingerprint density at radius 2 is 1.83 bits per heavy atom. The lowest BCUT2D eigenvalue weighted by molar-refractivity contribution is -0.120. The smallest absolute Gasteiger partial charge is 0.224 e. The highest BCUT2D eigenvalue weighted by atomic mass is 35.5. The third kappa shape index (κ3) is 4.89. The minimum Gasteiger partial charge on any atom is -0.493 e. The lowest BCUT2D eigenvalue weighted by atomic mass is 10.1. The third-order valence-corrected chi connectivity index (χ3v) is 3.86. The van der Waals surface area contributed by atoms with Crippen molar-refractivity contribution >= 4 is 17.5 Å². The Kier molecular flexibility index (Phi) is 6.29. The molecule has 4 nitrogen and oxygen atoms in total. The minimum absolute atomic E-state index is 0.0430. The molecule has 0 saturated heterocycles. The van der Waals surface area contributed by atoms with Crippen LogP contribution in [0.4, 0.5) is 0 Å². The van der Waals surface area contributed by atoms with Crippen molar-refractivity contribution in [3.8, 4) is 11.5 Å². The number of methoxy groups -OCH3 is 2. The highest BCUT2D eigenvalue weighted by molar-refractivity contribution is 6.31. The molecule has 0 saturated carbocycles. The van der Waals surface area contributed by atoms with Crippen molar-refractivity contribution in [3.63, 3.8) is 0 Å². The Bertz CT molecular complexity index is 673. The second kappa shape index (κ2) is 8.44. The standard InChI is InChI=1S/C18H20ClNO3/c1-22-16-8-7-13(11-17(16)23-2)9-10-20-18(21)12-14-5-3-4-6-15(14)19/h3-8,11H,9-10,12H2,1-2H3,(H,20,21). The van der Waals surface area contributed by atoms with Crippen LogP contribution in [0, 0.1) is 0 Å². The van der Waals surface area contributed by atoms with E-state index in [0.29, 0.717) is 29.5 Å². The van der Waals surface area contributed by atoms with Crippen LogP contribution in [0.2, 0.25) is 5.02 Å². The van der Waals surface area contributed by atoms with Crippen molar-refractivity contribution in [3.05, 3.63) is 58.6 Å². The van der Waals surface area contributed by atoms with Gasteiger partial charge in [0.15, 0.2) is 11.5 Å². The van der Waals surface area contributed by atoms with E-state index in [1.165, 1.54) is 0 Å². The zero-order valence-corrected chi connectivity index (χ0v) is 14.0. The van der Waals surface area contributed by atoms with Crippen LogP contribution < -0.4 is 14.8 Å². The van der Waals surface area contributed by atoms with Crippen molar-refractivity contribution in [1.29, 1.82) is 0 Å². The van der Waals surface area contributed by atoms with Gasteiger partial charge in [-0.25, -0.2) is 0 Å². The molecule has 1 N–H and O–H groups in total. The Labute approximate surface area is 141 Å². The molecule has 0 aliphatic heterocycles. The number of amides is 1. The molecule has 0 atom stereocenters. The predicted octanol–water partition coefficient (Wildman–Crippen LogP) is 3.26. The van der Waals surface area contributed by atoms with Gasteiger partial charge >= 0.3 is 0 Å². The maximum atomic E-state index is 12.0. The first kappa shape index (κ1) is 17.2. The zero-order valence-electron chi connectivity index (χ0n) is 13.3. The normalized spacial score (nSPS) is 10.2. The number of hydrogen-bond donors (Lipinski definition) is 1. The Morgan fingerprint density at radius 3 is 2.52 bits per heavy atom. The summed E-state index contributed by atoms with van der Waals surface area (Å²) in [4.78, 5) is 12.0. The van der Waals surface area contributed by atoms with Gasteiger partial charge in [-0.05, 0) is 35.7 Å². The summed E-state index contributed by atoms with van der Waals surface area (Å²) < 4.78 is 10.5. The highest BCUT2D eigenvalue weighted by Crippen LogP contribution is 2.27. The number of halogens is 1. The monoisotopic (exact) mass is 333 g/mol. The molecule has 2 aromatic rings.